The van der Waals surface area contributed by atoms with Gasteiger partial charge in [-0.3, -0.25) is 5.41 Å². The van der Waals surface area contributed by atoms with E-state index in [0.717, 1.165) is 24.2 Å². The summed E-state index contributed by atoms with van der Waals surface area (Å²) >= 11 is 0. The third-order valence-electron chi connectivity index (χ3n) is 3.51. The molecule has 0 bridgehead atoms. The van der Waals surface area contributed by atoms with E-state index in [-0.39, 0.29) is 5.84 Å². The normalized spacial score (nSPS) is 18.6. The average Bonchev–Trinajstić information content (AvgIpc) is 3.12. The zero-order valence-corrected chi connectivity index (χ0v) is 9.92. The molecule has 4 N–H and O–H groups in total. The average molecular weight is 230 g/mol. The summed E-state index contributed by atoms with van der Waals surface area (Å²) in [4.78, 5) is 4.68. The summed E-state index contributed by atoms with van der Waals surface area (Å²) < 4.78 is 0. The minimum absolute atomic E-state index is 0.119. The quantitative estimate of drug-likeness (QED) is 0.547. The van der Waals surface area contributed by atoms with Gasteiger partial charge in [-0.05, 0) is 50.2 Å². The molecule has 4 nitrogen and oxygen atoms in total. The Bertz CT molecular complexity index is 463. The highest BCUT2D eigenvalue weighted by Gasteiger charge is 2.24. The third kappa shape index (κ3) is 2.12. The van der Waals surface area contributed by atoms with Gasteiger partial charge in [0, 0.05) is 11.7 Å². The fourth-order valence-corrected chi connectivity index (χ4v) is 2.37. The number of rotatable bonds is 3. The van der Waals surface area contributed by atoms with Crippen LogP contribution in [0.25, 0.3) is 0 Å². The topological polar surface area (TPSA) is 74.8 Å². The molecule has 2 aliphatic carbocycles. The number of hydrogen-bond acceptors (Lipinski definition) is 3. The van der Waals surface area contributed by atoms with Gasteiger partial charge in [-0.2, -0.15) is 0 Å². The predicted molar refractivity (Wildman–Crippen MR) is 68.5 cm³/mol. The maximum absolute atomic E-state index is 7.66. The van der Waals surface area contributed by atoms with E-state index in [2.05, 4.69) is 16.4 Å². The second kappa shape index (κ2) is 4.02. The Hall–Kier alpha value is -1.58. The summed E-state index contributed by atoms with van der Waals surface area (Å²) in [5.74, 6) is 0.940. The van der Waals surface area contributed by atoms with E-state index in [1.54, 1.807) is 0 Å². The standard InChI is InChI=1S/C13H18N4/c14-12(15)10-7-8-3-1-2-4-11(8)17-13(10)16-9-5-6-9/h7,9H,1-6H2,(H3,14,15)(H,16,17). The number of nitrogen functional groups attached to an aromatic ring is 1. The van der Waals surface area contributed by atoms with Crippen molar-refractivity contribution in [3.8, 4) is 0 Å². The summed E-state index contributed by atoms with van der Waals surface area (Å²) in [6.45, 7) is 0. The monoisotopic (exact) mass is 230 g/mol. The lowest BCUT2D eigenvalue weighted by atomic mass is 9.94. The minimum Gasteiger partial charge on any atom is -0.384 e. The Morgan fingerprint density at radius 2 is 2.12 bits per heavy atom. The van der Waals surface area contributed by atoms with Crippen LogP contribution in [0.1, 0.15) is 42.5 Å². The fraction of sp³-hybridized carbons (Fsp3) is 0.538. The van der Waals surface area contributed by atoms with Crippen LogP contribution in [0.4, 0.5) is 5.82 Å². The van der Waals surface area contributed by atoms with Gasteiger partial charge in [-0.25, -0.2) is 4.98 Å². The van der Waals surface area contributed by atoms with Crippen LogP contribution in [0.3, 0.4) is 0 Å². The molecule has 0 atom stereocenters. The Kier molecular flexibility index (Phi) is 2.50. The van der Waals surface area contributed by atoms with Crippen LogP contribution in [0, 0.1) is 5.41 Å². The summed E-state index contributed by atoms with van der Waals surface area (Å²) in [7, 11) is 0. The van der Waals surface area contributed by atoms with E-state index in [9.17, 15) is 0 Å². The van der Waals surface area contributed by atoms with E-state index in [0.29, 0.717) is 6.04 Å². The molecule has 0 spiro atoms. The van der Waals surface area contributed by atoms with E-state index in [1.807, 2.05) is 0 Å². The molecule has 90 valence electrons. The molecule has 1 saturated carbocycles. The highest BCUT2D eigenvalue weighted by Crippen LogP contribution is 2.29. The van der Waals surface area contributed by atoms with Crippen LogP contribution in [0.15, 0.2) is 6.07 Å². The number of aromatic nitrogens is 1. The maximum Gasteiger partial charge on any atom is 0.137 e. The maximum atomic E-state index is 7.66. The lowest BCUT2D eigenvalue weighted by molar-refractivity contribution is 0.668. The van der Waals surface area contributed by atoms with Gasteiger partial charge in [-0.1, -0.05) is 0 Å². The van der Waals surface area contributed by atoms with Crippen molar-refractivity contribution < 1.29 is 0 Å². The minimum atomic E-state index is 0.119. The summed E-state index contributed by atoms with van der Waals surface area (Å²) in [5.41, 5.74) is 8.90. The van der Waals surface area contributed by atoms with Crippen LogP contribution in [-0.2, 0) is 12.8 Å². The number of hydrogen-bond donors (Lipinski definition) is 3. The molecule has 0 aliphatic heterocycles. The fourth-order valence-electron chi connectivity index (χ4n) is 2.37. The number of nitrogens with zero attached hydrogens (tertiary/aromatic N) is 1. The first-order chi connectivity index (χ1) is 8.24. The van der Waals surface area contributed by atoms with Gasteiger partial charge in [0.15, 0.2) is 0 Å². The molecule has 1 aromatic rings. The van der Waals surface area contributed by atoms with Gasteiger partial charge in [0.1, 0.15) is 11.7 Å². The molecule has 0 radical (unpaired) electrons. The number of amidine groups is 1. The van der Waals surface area contributed by atoms with E-state index < -0.39 is 0 Å². The summed E-state index contributed by atoms with van der Waals surface area (Å²) in [6.07, 6.45) is 7.00. The SMILES string of the molecule is N=C(N)c1cc2c(nc1NC1CC1)CCCC2. The van der Waals surface area contributed by atoms with Gasteiger partial charge >= 0.3 is 0 Å². The van der Waals surface area contributed by atoms with Gasteiger partial charge in [0.05, 0.1) is 5.56 Å². The Morgan fingerprint density at radius 1 is 1.35 bits per heavy atom. The number of nitrogens with two attached hydrogens (primary N) is 1. The first-order valence-corrected chi connectivity index (χ1v) is 6.38. The molecule has 17 heavy (non-hydrogen) atoms. The second-order valence-electron chi connectivity index (χ2n) is 5.03. The smallest absolute Gasteiger partial charge is 0.137 e. The molecule has 3 rings (SSSR count). The van der Waals surface area contributed by atoms with E-state index in [1.165, 1.54) is 36.9 Å². The lowest BCUT2D eigenvalue weighted by Gasteiger charge is -2.18. The number of nitrogens with one attached hydrogen (secondary N) is 2. The molecule has 0 amide bonds. The van der Waals surface area contributed by atoms with Crippen LogP contribution in [0.2, 0.25) is 0 Å². The molecule has 0 unspecified atom stereocenters. The van der Waals surface area contributed by atoms with Crippen molar-refractivity contribution in [2.45, 2.75) is 44.6 Å². The largest absolute Gasteiger partial charge is 0.384 e. The molecule has 1 aromatic heterocycles. The van der Waals surface area contributed by atoms with Crippen LogP contribution in [0.5, 0.6) is 0 Å². The number of pyridine rings is 1. The number of fused-ring (bicyclic) bond motifs is 1. The van der Waals surface area contributed by atoms with Crippen LogP contribution in [-0.4, -0.2) is 16.9 Å². The zero-order chi connectivity index (χ0) is 11.8. The predicted octanol–water partition coefficient (Wildman–Crippen LogP) is 1.82. The van der Waals surface area contributed by atoms with Crippen molar-refractivity contribution in [1.82, 2.24) is 4.98 Å². The van der Waals surface area contributed by atoms with E-state index in [4.69, 9.17) is 11.1 Å². The van der Waals surface area contributed by atoms with Crippen molar-refractivity contribution in [3.63, 3.8) is 0 Å². The first kappa shape index (κ1) is 10.6. The highest BCUT2D eigenvalue weighted by atomic mass is 15.0. The van der Waals surface area contributed by atoms with Crippen molar-refractivity contribution >= 4 is 11.7 Å². The highest BCUT2D eigenvalue weighted by molar-refractivity contribution is 5.99. The van der Waals surface area contributed by atoms with Gasteiger partial charge in [-0.15, -0.1) is 0 Å². The summed E-state index contributed by atoms with van der Waals surface area (Å²) in [6, 6.07) is 2.61. The number of anilines is 1. The van der Waals surface area contributed by atoms with Crippen molar-refractivity contribution in [2.24, 2.45) is 5.73 Å². The van der Waals surface area contributed by atoms with Gasteiger partial charge in [0.2, 0.25) is 0 Å². The lowest BCUT2D eigenvalue weighted by Crippen LogP contribution is -2.19. The molecule has 1 heterocycles. The van der Waals surface area contributed by atoms with Gasteiger partial charge < -0.3 is 11.1 Å². The van der Waals surface area contributed by atoms with Crippen molar-refractivity contribution in [2.75, 3.05) is 5.32 Å². The van der Waals surface area contributed by atoms with E-state index >= 15 is 0 Å². The third-order valence-corrected chi connectivity index (χ3v) is 3.51. The Balaban J connectivity index is 2.00. The number of aryl methyl sites for hydroxylation is 2. The molecular weight excluding hydrogens is 212 g/mol. The molecule has 1 fully saturated rings. The first-order valence-electron chi connectivity index (χ1n) is 6.38. The zero-order valence-electron chi connectivity index (χ0n) is 9.92. The molecule has 2 aliphatic rings. The summed E-state index contributed by atoms with van der Waals surface area (Å²) in [5, 5.41) is 11.0. The van der Waals surface area contributed by atoms with Crippen molar-refractivity contribution in [3.05, 3.63) is 22.9 Å². The van der Waals surface area contributed by atoms with Gasteiger partial charge in [0.25, 0.3) is 0 Å². The second-order valence-corrected chi connectivity index (χ2v) is 5.03. The molecule has 0 aromatic carbocycles. The van der Waals surface area contributed by atoms with Crippen LogP contribution < -0.4 is 11.1 Å². The van der Waals surface area contributed by atoms with Crippen LogP contribution >= 0.6 is 0 Å². The Morgan fingerprint density at radius 3 is 2.82 bits per heavy atom. The molecule has 4 heteroatoms. The Labute approximate surface area is 101 Å². The van der Waals surface area contributed by atoms with Crippen molar-refractivity contribution in [1.29, 1.82) is 5.41 Å². The molecule has 0 saturated heterocycles. The molecular formula is C13H18N4.